The van der Waals surface area contributed by atoms with Crippen LogP contribution in [0, 0.1) is 0 Å². The molecule has 0 rings (SSSR count). The van der Waals surface area contributed by atoms with Gasteiger partial charge in [0.05, 0.1) is 0 Å². The number of quaternary nitrogens is 1. The second-order valence-corrected chi connectivity index (χ2v) is 4.60. The Bertz CT molecular complexity index is 219. The van der Waals surface area contributed by atoms with Gasteiger partial charge < -0.3 is 10.7 Å². The number of halogens is 1. The molecule has 0 saturated heterocycles. The van der Waals surface area contributed by atoms with Crippen LogP contribution in [0.15, 0.2) is 0 Å². The fraction of sp³-hybridized carbons (Fsp3) is 1.00. The summed E-state index contributed by atoms with van der Waals surface area (Å²) < 4.78 is 42.9. The van der Waals surface area contributed by atoms with Crippen molar-refractivity contribution in [3.63, 3.8) is 0 Å². The zero-order chi connectivity index (χ0) is 10.3. The highest BCUT2D eigenvalue weighted by molar-refractivity contribution is 7.86. The third kappa shape index (κ3) is 8.40. The lowest BCUT2D eigenvalue weighted by atomic mass is 10.1. The fourth-order valence-electron chi connectivity index (χ4n) is 1.05. The van der Waals surface area contributed by atoms with E-state index in [2.05, 4.69) is 6.92 Å². The standard InChI is InChI=1S/C8H17FO3S.H3N/c1-2-3-4-5-6-7-8(9)13(10,11)12;/h8H,2-7H2,1H3,(H,10,11,12);1H3. The van der Waals surface area contributed by atoms with Gasteiger partial charge in [-0.2, -0.15) is 0 Å². The highest BCUT2D eigenvalue weighted by atomic mass is 32.2. The summed E-state index contributed by atoms with van der Waals surface area (Å²) >= 11 is 0. The van der Waals surface area contributed by atoms with Crippen molar-refractivity contribution in [2.45, 2.75) is 51.0 Å². The van der Waals surface area contributed by atoms with Gasteiger partial charge in [-0.1, -0.05) is 32.6 Å². The van der Waals surface area contributed by atoms with Crippen molar-refractivity contribution in [2.24, 2.45) is 0 Å². The van der Waals surface area contributed by atoms with Crippen LogP contribution in [0.5, 0.6) is 0 Å². The van der Waals surface area contributed by atoms with Crippen molar-refractivity contribution in [3.8, 4) is 0 Å². The second kappa shape index (κ2) is 8.14. The first-order valence-corrected chi connectivity index (χ1v) is 6.04. The van der Waals surface area contributed by atoms with Gasteiger partial charge in [0.2, 0.25) is 0 Å². The number of alkyl halides is 1. The Morgan fingerprint density at radius 3 is 2.14 bits per heavy atom. The summed E-state index contributed by atoms with van der Waals surface area (Å²) in [5.74, 6) is 0. The normalized spacial score (nSPS) is 13.4. The van der Waals surface area contributed by atoms with E-state index >= 15 is 0 Å². The molecule has 0 bridgehead atoms. The molecular weight excluding hydrogens is 209 g/mol. The van der Waals surface area contributed by atoms with E-state index in [0.29, 0.717) is 6.42 Å². The first-order valence-electron chi connectivity index (χ1n) is 4.57. The Balaban J connectivity index is 0. The molecule has 0 aliphatic heterocycles. The van der Waals surface area contributed by atoms with Gasteiger partial charge in [0.25, 0.3) is 0 Å². The highest BCUT2D eigenvalue weighted by Gasteiger charge is 2.12. The molecule has 0 aromatic carbocycles. The van der Waals surface area contributed by atoms with Crippen LogP contribution in [0.25, 0.3) is 0 Å². The van der Waals surface area contributed by atoms with Gasteiger partial charge in [0, 0.05) is 0 Å². The molecular formula is C8H20FNO3S. The van der Waals surface area contributed by atoms with E-state index < -0.39 is 15.6 Å². The fourth-order valence-corrected chi connectivity index (χ4v) is 1.51. The topological polar surface area (TPSA) is 93.7 Å². The molecule has 0 aliphatic carbocycles. The zero-order valence-corrected chi connectivity index (χ0v) is 9.65. The van der Waals surface area contributed by atoms with Crippen molar-refractivity contribution in [1.82, 2.24) is 6.15 Å². The number of unbranched alkanes of at least 4 members (excludes halogenated alkanes) is 4. The maximum absolute atomic E-state index is 12.5. The van der Waals surface area contributed by atoms with Crippen LogP contribution in [0.4, 0.5) is 4.39 Å². The van der Waals surface area contributed by atoms with Crippen LogP contribution >= 0.6 is 0 Å². The molecule has 1 unspecified atom stereocenters. The molecule has 0 saturated carbocycles. The van der Waals surface area contributed by atoms with Gasteiger partial charge in [-0.3, -0.25) is 0 Å². The Morgan fingerprint density at radius 2 is 1.71 bits per heavy atom. The Labute approximate surface area is 85.2 Å². The molecule has 6 heteroatoms. The first-order chi connectivity index (χ1) is 5.98. The van der Waals surface area contributed by atoms with E-state index in [1.165, 1.54) is 0 Å². The van der Waals surface area contributed by atoms with E-state index in [4.69, 9.17) is 0 Å². The smallest absolute Gasteiger partial charge is 0.189 e. The number of hydrogen-bond donors (Lipinski definition) is 1. The molecule has 0 aliphatic rings. The average Bonchev–Trinajstić information content (AvgIpc) is 2.02. The van der Waals surface area contributed by atoms with Gasteiger partial charge in [0.1, 0.15) is 10.1 Å². The number of rotatable bonds is 7. The molecule has 0 heterocycles. The summed E-state index contributed by atoms with van der Waals surface area (Å²) in [6.45, 7) is 2.06. The first kappa shape index (κ1) is 16.2. The maximum atomic E-state index is 12.5. The molecule has 88 valence electrons. The summed E-state index contributed by atoms with van der Waals surface area (Å²) in [6, 6.07) is 0. The Morgan fingerprint density at radius 1 is 1.21 bits per heavy atom. The van der Waals surface area contributed by atoms with Gasteiger partial charge in [-0.15, -0.1) is 0 Å². The van der Waals surface area contributed by atoms with Crippen molar-refractivity contribution < 1.29 is 17.4 Å². The molecule has 14 heavy (non-hydrogen) atoms. The largest absolute Gasteiger partial charge is 0.746 e. The van der Waals surface area contributed by atoms with Gasteiger partial charge in [-0.25, -0.2) is 12.8 Å². The van der Waals surface area contributed by atoms with E-state index in [9.17, 15) is 17.4 Å². The summed E-state index contributed by atoms with van der Waals surface area (Å²) in [5.41, 5.74) is -2.21. The molecule has 0 aromatic heterocycles. The minimum atomic E-state index is -4.71. The van der Waals surface area contributed by atoms with Gasteiger partial charge in [-0.05, 0) is 12.8 Å². The predicted octanol–water partition coefficient (Wildman–Crippen LogP) is 2.56. The molecule has 0 radical (unpaired) electrons. The predicted molar refractivity (Wildman–Crippen MR) is 54.0 cm³/mol. The van der Waals surface area contributed by atoms with Crippen LogP contribution in [-0.4, -0.2) is 18.5 Å². The Hall–Kier alpha value is -0.200. The molecule has 4 nitrogen and oxygen atoms in total. The van der Waals surface area contributed by atoms with Crippen LogP contribution in [0.3, 0.4) is 0 Å². The maximum Gasteiger partial charge on any atom is 0.189 e. The molecule has 0 fully saturated rings. The lowest BCUT2D eigenvalue weighted by molar-refractivity contribution is 0.343. The highest BCUT2D eigenvalue weighted by Crippen LogP contribution is 2.12. The minimum absolute atomic E-state index is 0. The number of hydrogen-bond acceptors (Lipinski definition) is 3. The third-order valence-corrected chi connectivity index (χ3v) is 2.71. The summed E-state index contributed by atoms with van der Waals surface area (Å²) in [4.78, 5) is 0. The Kier molecular flexibility index (Phi) is 9.44. The van der Waals surface area contributed by atoms with Crippen LogP contribution in [0.2, 0.25) is 0 Å². The van der Waals surface area contributed by atoms with E-state index in [1.54, 1.807) is 0 Å². The lowest BCUT2D eigenvalue weighted by Gasteiger charge is -2.11. The van der Waals surface area contributed by atoms with Gasteiger partial charge in [0.15, 0.2) is 5.50 Å². The lowest BCUT2D eigenvalue weighted by Crippen LogP contribution is -2.14. The summed E-state index contributed by atoms with van der Waals surface area (Å²) in [7, 11) is -4.71. The van der Waals surface area contributed by atoms with Crippen molar-refractivity contribution in [3.05, 3.63) is 0 Å². The monoisotopic (exact) mass is 229 g/mol. The van der Waals surface area contributed by atoms with Crippen LogP contribution < -0.4 is 6.15 Å². The molecule has 0 aromatic rings. The molecule has 4 N–H and O–H groups in total. The second-order valence-electron chi connectivity index (χ2n) is 3.11. The van der Waals surface area contributed by atoms with Gasteiger partial charge >= 0.3 is 0 Å². The average molecular weight is 229 g/mol. The van der Waals surface area contributed by atoms with Crippen molar-refractivity contribution >= 4 is 10.1 Å². The van der Waals surface area contributed by atoms with Crippen molar-refractivity contribution in [1.29, 1.82) is 0 Å². The third-order valence-electron chi connectivity index (χ3n) is 1.85. The van der Waals surface area contributed by atoms with Crippen LogP contribution in [0.1, 0.15) is 45.4 Å². The quantitative estimate of drug-likeness (QED) is 0.537. The SMILES string of the molecule is CCCCCCCC(F)S(=O)(=O)[O-].[NH4+]. The van der Waals surface area contributed by atoms with E-state index in [0.717, 1.165) is 25.7 Å². The molecule has 1 atom stereocenters. The zero-order valence-electron chi connectivity index (χ0n) is 8.83. The summed E-state index contributed by atoms with van der Waals surface area (Å²) in [6.07, 6.45) is 4.24. The van der Waals surface area contributed by atoms with E-state index in [-0.39, 0.29) is 12.6 Å². The van der Waals surface area contributed by atoms with E-state index in [1.807, 2.05) is 0 Å². The van der Waals surface area contributed by atoms with Crippen molar-refractivity contribution in [2.75, 3.05) is 0 Å². The minimum Gasteiger partial charge on any atom is -0.746 e. The summed E-state index contributed by atoms with van der Waals surface area (Å²) in [5, 5.41) is 0. The molecule has 0 amide bonds. The molecule has 0 spiro atoms. The van der Waals surface area contributed by atoms with Crippen LogP contribution in [-0.2, 0) is 10.1 Å².